The summed E-state index contributed by atoms with van der Waals surface area (Å²) in [5.41, 5.74) is 2.40. The Morgan fingerprint density at radius 2 is 1.67 bits per heavy atom. The monoisotopic (exact) mass is 292 g/mol. The molecule has 0 spiro atoms. The first-order valence-corrected chi connectivity index (χ1v) is 7.53. The molecule has 1 atom stereocenters. The minimum atomic E-state index is -0.747. The molecule has 1 rings (SSSR count). The molecule has 1 aromatic carbocycles. The van der Waals surface area contributed by atoms with E-state index < -0.39 is 5.97 Å². The van der Waals surface area contributed by atoms with Crippen molar-refractivity contribution in [2.24, 2.45) is 5.92 Å². The fourth-order valence-corrected chi connectivity index (χ4v) is 2.13. The lowest BCUT2D eigenvalue weighted by Crippen LogP contribution is -2.36. The van der Waals surface area contributed by atoms with Crippen LogP contribution in [0.15, 0.2) is 24.3 Å². The lowest BCUT2D eigenvalue weighted by Gasteiger charge is -2.28. The van der Waals surface area contributed by atoms with Crippen molar-refractivity contribution in [3.05, 3.63) is 29.8 Å². The molecule has 0 saturated carbocycles. The number of likely N-dealkylation sites (N-methyl/N-ethyl adjacent to an activating group) is 1. The molecule has 1 unspecified atom stereocenters. The van der Waals surface area contributed by atoms with Crippen LogP contribution in [0, 0.1) is 5.92 Å². The van der Waals surface area contributed by atoms with Gasteiger partial charge in [0.05, 0.1) is 5.92 Å². The van der Waals surface area contributed by atoms with Gasteiger partial charge in [0.2, 0.25) is 0 Å². The largest absolute Gasteiger partial charge is 0.481 e. The van der Waals surface area contributed by atoms with Crippen molar-refractivity contribution in [1.29, 1.82) is 0 Å². The molecule has 0 amide bonds. The Bertz CT molecular complexity index is 441. The molecule has 4 heteroatoms. The Morgan fingerprint density at radius 3 is 2.10 bits per heavy atom. The van der Waals surface area contributed by atoms with Crippen molar-refractivity contribution in [2.45, 2.75) is 26.7 Å². The number of carboxylic acids is 1. The molecule has 0 heterocycles. The number of anilines is 1. The Morgan fingerprint density at radius 1 is 1.10 bits per heavy atom. The predicted molar refractivity (Wildman–Crippen MR) is 88.1 cm³/mol. The smallest absolute Gasteiger partial charge is 0.308 e. The van der Waals surface area contributed by atoms with Gasteiger partial charge in [-0.05, 0) is 37.7 Å². The zero-order valence-electron chi connectivity index (χ0n) is 13.8. The second kappa shape index (κ2) is 8.03. The maximum atomic E-state index is 11.1. The van der Waals surface area contributed by atoms with E-state index in [0.717, 1.165) is 18.8 Å². The number of aliphatic carboxylic acids is 1. The van der Waals surface area contributed by atoms with Gasteiger partial charge in [0.15, 0.2) is 0 Å². The minimum Gasteiger partial charge on any atom is -0.481 e. The highest BCUT2D eigenvalue weighted by molar-refractivity contribution is 5.70. The SMILES string of the molecule is CC(CN(CCN(C)C)c1ccc(C(C)C)cc1)C(=O)O. The van der Waals surface area contributed by atoms with Gasteiger partial charge in [-0.15, -0.1) is 0 Å². The van der Waals surface area contributed by atoms with Crippen LogP contribution < -0.4 is 4.90 Å². The van der Waals surface area contributed by atoms with Crippen LogP contribution in [0.1, 0.15) is 32.3 Å². The number of carboxylic acid groups (broad SMARTS) is 1. The Kier molecular flexibility index (Phi) is 6.69. The third-order valence-electron chi connectivity index (χ3n) is 3.66. The van der Waals surface area contributed by atoms with Gasteiger partial charge in [0, 0.05) is 25.3 Å². The van der Waals surface area contributed by atoms with Gasteiger partial charge in [0.1, 0.15) is 0 Å². The van der Waals surface area contributed by atoms with E-state index in [1.165, 1.54) is 5.56 Å². The van der Waals surface area contributed by atoms with Crippen LogP contribution in [0.2, 0.25) is 0 Å². The Labute approximate surface area is 128 Å². The number of benzene rings is 1. The molecule has 21 heavy (non-hydrogen) atoms. The molecule has 0 aliphatic carbocycles. The first kappa shape index (κ1) is 17.5. The van der Waals surface area contributed by atoms with E-state index in [1.54, 1.807) is 6.92 Å². The van der Waals surface area contributed by atoms with E-state index in [-0.39, 0.29) is 5.92 Å². The molecule has 118 valence electrons. The molecule has 0 bridgehead atoms. The Balaban J connectivity index is 2.85. The van der Waals surface area contributed by atoms with E-state index in [0.29, 0.717) is 12.5 Å². The molecular weight excluding hydrogens is 264 g/mol. The third-order valence-corrected chi connectivity index (χ3v) is 3.66. The molecular formula is C17H28N2O2. The molecule has 0 aliphatic heterocycles. The first-order chi connectivity index (χ1) is 9.81. The van der Waals surface area contributed by atoms with Crippen LogP contribution in [-0.2, 0) is 4.79 Å². The van der Waals surface area contributed by atoms with Gasteiger partial charge in [-0.1, -0.05) is 32.9 Å². The summed E-state index contributed by atoms with van der Waals surface area (Å²) in [7, 11) is 4.06. The van der Waals surface area contributed by atoms with Gasteiger partial charge in [-0.3, -0.25) is 4.79 Å². The summed E-state index contributed by atoms with van der Waals surface area (Å²) in [6.45, 7) is 8.36. The van der Waals surface area contributed by atoms with Crippen LogP contribution in [0.4, 0.5) is 5.69 Å². The van der Waals surface area contributed by atoms with Crippen molar-refractivity contribution in [3.63, 3.8) is 0 Å². The number of hydrogen-bond donors (Lipinski definition) is 1. The van der Waals surface area contributed by atoms with Crippen molar-refractivity contribution < 1.29 is 9.90 Å². The topological polar surface area (TPSA) is 43.8 Å². The standard InChI is InChI=1S/C17H28N2O2/c1-13(2)15-6-8-16(9-7-15)19(11-10-18(4)5)12-14(3)17(20)21/h6-9,13-14H,10-12H2,1-5H3,(H,20,21). The van der Waals surface area contributed by atoms with Gasteiger partial charge in [-0.25, -0.2) is 0 Å². The zero-order valence-corrected chi connectivity index (χ0v) is 13.8. The van der Waals surface area contributed by atoms with Gasteiger partial charge < -0.3 is 14.9 Å². The summed E-state index contributed by atoms with van der Waals surface area (Å²) >= 11 is 0. The summed E-state index contributed by atoms with van der Waals surface area (Å²) in [5, 5.41) is 9.14. The normalized spacial score (nSPS) is 12.7. The predicted octanol–water partition coefficient (Wildman–Crippen LogP) is 2.90. The van der Waals surface area contributed by atoms with E-state index in [1.807, 2.05) is 14.1 Å². The summed E-state index contributed by atoms with van der Waals surface area (Å²) in [4.78, 5) is 15.4. The number of rotatable bonds is 8. The maximum absolute atomic E-state index is 11.1. The van der Waals surface area contributed by atoms with Crippen LogP contribution >= 0.6 is 0 Å². The summed E-state index contributed by atoms with van der Waals surface area (Å²) < 4.78 is 0. The summed E-state index contributed by atoms with van der Waals surface area (Å²) in [6.07, 6.45) is 0. The van der Waals surface area contributed by atoms with Crippen molar-refractivity contribution in [1.82, 2.24) is 4.90 Å². The highest BCUT2D eigenvalue weighted by atomic mass is 16.4. The van der Waals surface area contributed by atoms with Gasteiger partial charge >= 0.3 is 5.97 Å². The van der Waals surface area contributed by atoms with Crippen LogP contribution in [0.3, 0.4) is 0 Å². The zero-order chi connectivity index (χ0) is 16.0. The molecule has 1 N–H and O–H groups in total. The molecule has 1 aromatic rings. The average Bonchev–Trinajstić information content (AvgIpc) is 2.42. The lowest BCUT2D eigenvalue weighted by molar-refractivity contribution is -0.140. The molecule has 0 saturated heterocycles. The number of nitrogens with zero attached hydrogens (tertiary/aromatic N) is 2. The molecule has 0 aliphatic rings. The number of hydrogen-bond acceptors (Lipinski definition) is 3. The quantitative estimate of drug-likeness (QED) is 0.800. The average molecular weight is 292 g/mol. The minimum absolute atomic E-state index is 0.378. The van der Waals surface area contributed by atoms with Crippen molar-refractivity contribution in [3.8, 4) is 0 Å². The maximum Gasteiger partial charge on any atom is 0.308 e. The lowest BCUT2D eigenvalue weighted by atomic mass is 10.0. The van der Waals surface area contributed by atoms with Gasteiger partial charge in [-0.2, -0.15) is 0 Å². The second-order valence-corrected chi connectivity index (χ2v) is 6.23. The number of carbonyl (C=O) groups is 1. The fraction of sp³-hybridized carbons (Fsp3) is 0.588. The first-order valence-electron chi connectivity index (χ1n) is 7.53. The second-order valence-electron chi connectivity index (χ2n) is 6.23. The fourth-order valence-electron chi connectivity index (χ4n) is 2.13. The highest BCUT2D eigenvalue weighted by Crippen LogP contribution is 2.21. The van der Waals surface area contributed by atoms with Crippen LogP contribution in [0.25, 0.3) is 0 Å². The molecule has 4 nitrogen and oxygen atoms in total. The van der Waals surface area contributed by atoms with Crippen LogP contribution in [0.5, 0.6) is 0 Å². The van der Waals surface area contributed by atoms with E-state index >= 15 is 0 Å². The highest BCUT2D eigenvalue weighted by Gasteiger charge is 2.17. The van der Waals surface area contributed by atoms with E-state index in [2.05, 4.69) is 47.9 Å². The van der Waals surface area contributed by atoms with Gasteiger partial charge in [0.25, 0.3) is 0 Å². The third kappa shape index (κ3) is 5.76. The molecule has 0 fully saturated rings. The summed E-state index contributed by atoms with van der Waals surface area (Å²) in [6, 6.07) is 8.46. The summed E-state index contributed by atoms with van der Waals surface area (Å²) in [5.74, 6) is -0.618. The van der Waals surface area contributed by atoms with Crippen molar-refractivity contribution >= 4 is 11.7 Å². The van der Waals surface area contributed by atoms with E-state index in [9.17, 15) is 4.79 Å². The van der Waals surface area contributed by atoms with Crippen LogP contribution in [-0.4, -0.2) is 49.7 Å². The van der Waals surface area contributed by atoms with Crippen molar-refractivity contribution in [2.75, 3.05) is 38.6 Å². The molecule has 0 radical (unpaired) electrons. The molecule has 0 aromatic heterocycles. The Hall–Kier alpha value is -1.55. The van der Waals surface area contributed by atoms with E-state index in [4.69, 9.17) is 5.11 Å².